The number of carbonyl (C=O) groups excluding carboxylic acids is 2. The number of hydrogen-bond acceptors (Lipinski definition) is 3. The molecule has 2 N–H and O–H groups in total. The van der Waals surface area contributed by atoms with Gasteiger partial charge in [0.25, 0.3) is 0 Å². The van der Waals surface area contributed by atoms with E-state index in [9.17, 15) is 9.59 Å². The zero-order valence-electron chi connectivity index (χ0n) is 11.0. The van der Waals surface area contributed by atoms with Gasteiger partial charge in [-0.25, -0.2) is 0 Å². The molecule has 0 unspecified atom stereocenters. The summed E-state index contributed by atoms with van der Waals surface area (Å²) in [7, 11) is 1.76. The Morgan fingerprint density at radius 1 is 1.26 bits per heavy atom. The minimum absolute atomic E-state index is 0.197. The van der Waals surface area contributed by atoms with Gasteiger partial charge in [0.1, 0.15) is 0 Å². The Hall–Kier alpha value is -1.20. The third-order valence-electron chi connectivity index (χ3n) is 3.29. The molecule has 1 aliphatic carbocycles. The smallest absolute Gasteiger partial charge is 0.246 e. The van der Waals surface area contributed by atoms with Crippen LogP contribution in [-0.2, 0) is 9.59 Å². The lowest BCUT2D eigenvalue weighted by molar-refractivity contribution is -0.130. The van der Waals surface area contributed by atoms with Crippen molar-refractivity contribution in [2.45, 2.75) is 31.2 Å². The van der Waals surface area contributed by atoms with Crippen LogP contribution in [0.2, 0.25) is 0 Å². The van der Waals surface area contributed by atoms with E-state index < -0.39 is 5.54 Å². The number of rotatable bonds is 3. The van der Waals surface area contributed by atoms with Gasteiger partial charge in [0.2, 0.25) is 12.3 Å². The average Bonchev–Trinajstić information content (AvgIpc) is 2.91. The number of amides is 2. The number of benzene rings is 1. The molecule has 1 aromatic carbocycles. The van der Waals surface area contributed by atoms with E-state index in [1.807, 2.05) is 30.3 Å². The third kappa shape index (κ3) is 4.76. The summed E-state index contributed by atoms with van der Waals surface area (Å²) >= 11 is 3.31. The van der Waals surface area contributed by atoms with Crippen molar-refractivity contribution in [2.24, 2.45) is 0 Å². The molecule has 1 aliphatic rings. The molecule has 0 aliphatic heterocycles. The van der Waals surface area contributed by atoms with E-state index >= 15 is 0 Å². The molecule has 1 saturated carbocycles. The molecule has 4 nitrogen and oxygen atoms in total. The van der Waals surface area contributed by atoms with Crippen molar-refractivity contribution >= 4 is 28.2 Å². The lowest BCUT2D eigenvalue weighted by Gasteiger charge is -2.25. The standard InChI is InChI=1S/C8H14N2O2.C6H5Br/c1-9-8(4-2-3-5-8)7(12)10-6-11;7-6-4-2-1-3-5-6/h6,9H,2-5H2,1H3,(H,10,11,12);1-5H. The van der Waals surface area contributed by atoms with Gasteiger partial charge in [0, 0.05) is 4.47 Å². The number of carbonyl (C=O) groups is 2. The molecule has 1 fully saturated rings. The van der Waals surface area contributed by atoms with E-state index in [0.717, 1.165) is 30.2 Å². The van der Waals surface area contributed by atoms with Crippen LogP contribution in [0.5, 0.6) is 0 Å². The van der Waals surface area contributed by atoms with E-state index in [1.165, 1.54) is 0 Å². The summed E-state index contributed by atoms with van der Waals surface area (Å²) < 4.78 is 1.13. The number of likely N-dealkylation sites (N-methyl/N-ethyl adjacent to an activating group) is 1. The number of imide groups is 1. The molecule has 0 radical (unpaired) electrons. The molecule has 0 heterocycles. The summed E-state index contributed by atoms with van der Waals surface area (Å²) in [4.78, 5) is 21.5. The van der Waals surface area contributed by atoms with Gasteiger partial charge in [-0.2, -0.15) is 0 Å². The molecule has 104 valence electrons. The molecule has 0 spiro atoms. The summed E-state index contributed by atoms with van der Waals surface area (Å²) in [5.41, 5.74) is -0.485. The molecular formula is C14H19BrN2O2. The zero-order chi connectivity index (χ0) is 14.1. The van der Waals surface area contributed by atoms with E-state index in [-0.39, 0.29) is 5.91 Å². The van der Waals surface area contributed by atoms with Crippen LogP contribution in [0.25, 0.3) is 0 Å². The van der Waals surface area contributed by atoms with Crippen LogP contribution in [0.15, 0.2) is 34.8 Å². The Morgan fingerprint density at radius 3 is 2.21 bits per heavy atom. The summed E-state index contributed by atoms with van der Waals surface area (Å²) in [5.74, 6) is -0.197. The number of hydrogen-bond donors (Lipinski definition) is 2. The normalized spacial score (nSPS) is 16.1. The number of halogens is 1. The SMILES string of the molecule is Brc1ccccc1.CNC1(C(=O)NC=O)CCCC1. The second-order valence-electron chi connectivity index (χ2n) is 4.43. The maximum atomic E-state index is 11.4. The molecule has 19 heavy (non-hydrogen) atoms. The highest BCUT2D eigenvalue weighted by molar-refractivity contribution is 9.10. The van der Waals surface area contributed by atoms with Crippen molar-refractivity contribution in [1.82, 2.24) is 10.6 Å². The van der Waals surface area contributed by atoms with Crippen LogP contribution in [0.4, 0.5) is 0 Å². The minimum Gasteiger partial charge on any atom is -0.306 e. The van der Waals surface area contributed by atoms with Crippen LogP contribution < -0.4 is 10.6 Å². The fourth-order valence-electron chi connectivity index (χ4n) is 2.18. The largest absolute Gasteiger partial charge is 0.306 e. The van der Waals surface area contributed by atoms with Crippen molar-refractivity contribution < 1.29 is 9.59 Å². The topological polar surface area (TPSA) is 58.2 Å². The fraction of sp³-hybridized carbons (Fsp3) is 0.429. The predicted octanol–water partition coefficient (Wildman–Crippen LogP) is 2.24. The maximum absolute atomic E-state index is 11.4. The van der Waals surface area contributed by atoms with Crippen LogP contribution in [-0.4, -0.2) is 24.9 Å². The Bertz CT molecular complexity index is 403. The van der Waals surface area contributed by atoms with Crippen molar-refractivity contribution in [2.75, 3.05) is 7.05 Å². The number of nitrogens with one attached hydrogen (secondary N) is 2. The first-order chi connectivity index (χ1) is 9.14. The second-order valence-corrected chi connectivity index (χ2v) is 5.34. The minimum atomic E-state index is -0.485. The van der Waals surface area contributed by atoms with Gasteiger partial charge in [0.05, 0.1) is 5.54 Å². The van der Waals surface area contributed by atoms with Crippen LogP contribution in [0.1, 0.15) is 25.7 Å². The summed E-state index contributed by atoms with van der Waals surface area (Å²) in [6.07, 6.45) is 4.19. The first-order valence-electron chi connectivity index (χ1n) is 6.29. The van der Waals surface area contributed by atoms with Gasteiger partial charge in [0.15, 0.2) is 0 Å². The molecule has 0 bridgehead atoms. The van der Waals surface area contributed by atoms with Gasteiger partial charge in [-0.1, -0.05) is 47.0 Å². The quantitative estimate of drug-likeness (QED) is 0.837. The van der Waals surface area contributed by atoms with E-state index in [1.54, 1.807) is 7.05 Å². The van der Waals surface area contributed by atoms with Crippen molar-refractivity contribution in [3.63, 3.8) is 0 Å². The van der Waals surface area contributed by atoms with Gasteiger partial charge >= 0.3 is 0 Å². The molecule has 2 amide bonds. The van der Waals surface area contributed by atoms with Crippen molar-refractivity contribution in [3.05, 3.63) is 34.8 Å². The monoisotopic (exact) mass is 326 g/mol. The maximum Gasteiger partial charge on any atom is 0.246 e. The predicted molar refractivity (Wildman–Crippen MR) is 78.6 cm³/mol. The van der Waals surface area contributed by atoms with Gasteiger partial charge in [-0.3, -0.25) is 14.9 Å². The molecule has 0 aromatic heterocycles. The first-order valence-corrected chi connectivity index (χ1v) is 7.08. The Kier molecular flexibility index (Phi) is 6.73. The van der Waals surface area contributed by atoms with Crippen LogP contribution in [0, 0.1) is 0 Å². The molecule has 5 heteroatoms. The van der Waals surface area contributed by atoms with E-state index in [4.69, 9.17) is 0 Å². The molecule has 1 aromatic rings. The van der Waals surface area contributed by atoms with Crippen molar-refractivity contribution in [1.29, 1.82) is 0 Å². The Balaban J connectivity index is 0.000000218. The lowest BCUT2D eigenvalue weighted by atomic mass is 9.97. The highest BCUT2D eigenvalue weighted by Crippen LogP contribution is 2.29. The molecule has 2 rings (SSSR count). The lowest BCUT2D eigenvalue weighted by Crippen LogP contribution is -2.53. The van der Waals surface area contributed by atoms with Crippen LogP contribution in [0.3, 0.4) is 0 Å². The van der Waals surface area contributed by atoms with E-state index in [0.29, 0.717) is 6.41 Å². The third-order valence-corrected chi connectivity index (χ3v) is 3.82. The molecular weight excluding hydrogens is 308 g/mol. The van der Waals surface area contributed by atoms with Gasteiger partial charge < -0.3 is 5.32 Å². The van der Waals surface area contributed by atoms with Crippen molar-refractivity contribution in [3.8, 4) is 0 Å². The second kappa shape index (κ2) is 8.07. The molecule has 0 atom stereocenters. The van der Waals surface area contributed by atoms with Gasteiger partial charge in [-0.15, -0.1) is 0 Å². The van der Waals surface area contributed by atoms with Crippen LogP contribution >= 0.6 is 15.9 Å². The Morgan fingerprint density at radius 2 is 1.84 bits per heavy atom. The summed E-state index contributed by atoms with van der Waals surface area (Å²) in [6.45, 7) is 0. The van der Waals surface area contributed by atoms with E-state index in [2.05, 4.69) is 26.6 Å². The fourth-order valence-corrected chi connectivity index (χ4v) is 2.48. The summed E-state index contributed by atoms with van der Waals surface area (Å²) in [5, 5.41) is 5.19. The molecule has 0 saturated heterocycles. The first kappa shape index (κ1) is 15.9. The highest BCUT2D eigenvalue weighted by Gasteiger charge is 2.39. The zero-order valence-corrected chi connectivity index (χ0v) is 12.6. The highest BCUT2D eigenvalue weighted by atomic mass is 79.9. The van der Waals surface area contributed by atoms with Gasteiger partial charge in [-0.05, 0) is 32.0 Å². The summed E-state index contributed by atoms with van der Waals surface area (Å²) in [6, 6.07) is 9.97. The Labute approximate surface area is 122 Å². The average molecular weight is 327 g/mol.